The predicted molar refractivity (Wildman–Crippen MR) is 73.4 cm³/mol. The number of hydrogen-bond acceptors (Lipinski definition) is 0. The van der Waals surface area contributed by atoms with Crippen molar-refractivity contribution in [3.05, 3.63) is 54.1 Å². The molecule has 0 aliphatic carbocycles. The van der Waals surface area contributed by atoms with Gasteiger partial charge in [-0.1, -0.05) is 68.3 Å². The third-order valence-corrected chi connectivity index (χ3v) is 2.75. The van der Waals surface area contributed by atoms with Crippen LogP contribution >= 0.6 is 0 Å². The maximum absolute atomic E-state index is 4.12. The lowest BCUT2D eigenvalue weighted by atomic mass is 10.0. The van der Waals surface area contributed by atoms with Crippen LogP contribution in [0.2, 0.25) is 0 Å². The van der Waals surface area contributed by atoms with E-state index in [0.717, 1.165) is 6.42 Å². The van der Waals surface area contributed by atoms with Crippen molar-refractivity contribution in [2.75, 3.05) is 0 Å². The zero-order valence-corrected chi connectivity index (χ0v) is 10.5. The summed E-state index contributed by atoms with van der Waals surface area (Å²) in [5, 5.41) is 0. The summed E-state index contributed by atoms with van der Waals surface area (Å²) in [6.07, 6.45) is 7.17. The lowest BCUT2D eigenvalue weighted by molar-refractivity contribution is 0.720. The summed E-state index contributed by atoms with van der Waals surface area (Å²) in [7, 11) is 0. The van der Waals surface area contributed by atoms with Gasteiger partial charge in [0.05, 0.1) is 0 Å². The molecule has 0 saturated carbocycles. The van der Waals surface area contributed by atoms with Gasteiger partial charge in [-0.15, -0.1) is 0 Å². The van der Waals surface area contributed by atoms with Gasteiger partial charge in [-0.25, -0.2) is 0 Å². The standard InChI is InChI=1S/C16H22/c1-4-5-7-10-14(2)13-15(3)16-11-8-6-9-12-16/h6,8-9,11-13H,2,4-5,7,10H2,1,3H3/b15-13-. The summed E-state index contributed by atoms with van der Waals surface area (Å²) in [6.45, 7) is 8.50. The van der Waals surface area contributed by atoms with Crippen LogP contribution in [-0.2, 0) is 0 Å². The van der Waals surface area contributed by atoms with Crippen molar-refractivity contribution in [3.63, 3.8) is 0 Å². The van der Waals surface area contributed by atoms with E-state index in [0.29, 0.717) is 0 Å². The molecule has 16 heavy (non-hydrogen) atoms. The molecule has 1 aromatic rings. The Morgan fingerprint density at radius 1 is 1.19 bits per heavy atom. The van der Waals surface area contributed by atoms with Gasteiger partial charge in [0.2, 0.25) is 0 Å². The molecule has 0 spiro atoms. The first kappa shape index (κ1) is 12.8. The van der Waals surface area contributed by atoms with E-state index in [1.807, 2.05) is 6.07 Å². The van der Waals surface area contributed by atoms with Crippen molar-refractivity contribution in [2.45, 2.75) is 39.5 Å². The summed E-state index contributed by atoms with van der Waals surface area (Å²) in [5.41, 5.74) is 3.84. The van der Waals surface area contributed by atoms with Crippen molar-refractivity contribution in [1.82, 2.24) is 0 Å². The molecule has 0 saturated heterocycles. The van der Waals surface area contributed by atoms with Crippen LogP contribution in [0.25, 0.3) is 5.57 Å². The highest BCUT2D eigenvalue weighted by Gasteiger charge is 1.96. The third-order valence-electron chi connectivity index (χ3n) is 2.75. The monoisotopic (exact) mass is 214 g/mol. The Kier molecular flexibility index (Phi) is 5.63. The lowest BCUT2D eigenvalue weighted by Gasteiger charge is -2.04. The predicted octanol–water partition coefficient (Wildman–Crippen LogP) is 5.23. The molecule has 0 bridgehead atoms. The van der Waals surface area contributed by atoms with Crippen molar-refractivity contribution in [1.29, 1.82) is 0 Å². The zero-order chi connectivity index (χ0) is 11.8. The minimum absolute atomic E-state index is 1.12. The van der Waals surface area contributed by atoms with Crippen LogP contribution in [0.1, 0.15) is 45.1 Å². The Labute approximate surface area is 99.7 Å². The van der Waals surface area contributed by atoms with Gasteiger partial charge in [0, 0.05) is 0 Å². The van der Waals surface area contributed by atoms with Gasteiger partial charge in [0.1, 0.15) is 0 Å². The Bertz CT molecular complexity index is 344. The van der Waals surface area contributed by atoms with Crippen LogP contribution < -0.4 is 0 Å². The van der Waals surface area contributed by atoms with Crippen LogP contribution in [0.4, 0.5) is 0 Å². The first-order valence-corrected chi connectivity index (χ1v) is 6.15. The molecule has 0 aliphatic rings. The molecule has 0 atom stereocenters. The van der Waals surface area contributed by atoms with Gasteiger partial charge in [-0.2, -0.15) is 0 Å². The SMILES string of the molecule is C=C(/C=C(/C)c1ccccc1)CCCCC. The number of benzene rings is 1. The molecule has 0 heterocycles. The van der Waals surface area contributed by atoms with Crippen LogP contribution in [0.3, 0.4) is 0 Å². The van der Waals surface area contributed by atoms with E-state index in [1.165, 1.54) is 36.0 Å². The summed E-state index contributed by atoms with van der Waals surface area (Å²) in [6, 6.07) is 10.5. The van der Waals surface area contributed by atoms with Gasteiger partial charge in [-0.3, -0.25) is 0 Å². The van der Waals surface area contributed by atoms with E-state index in [9.17, 15) is 0 Å². The highest BCUT2D eigenvalue weighted by molar-refractivity contribution is 5.66. The van der Waals surface area contributed by atoms with Crippen LogP contribution in [0.15, 0.2) is 48.6 Å². The van der Waals surface area contributed by atoms with Gasteiger partial charge in [-0.05, 0) is 30.9 Å². The Morgan fingerprint density at radius 2 is 1.88 bits per heavy atom. The lowest BCUT2D eigenvalue weighted by Crippen LogP contribution is -1.82. The number of rotatable bonds is 6. The Balaban J connectivity index is 2.53. The second-order valence-electron chi connectivity index (χ2n) is 4.31. The second-order valence-corrected chi connectivity index (χ2v) is 4.31. The third kappa shape index (κ3) is 4.48. The molecule has 0 unspecified atom stereocenters. The van der Waals surface area contributed by atoms with E-state index in [1.54, 1.807) is 0 Å². The second kappa shape index (κ2) is 7.05. The first-order chi connectivity index (χ1) is 7.74. The molecule has 0 aliphatic heterocycles. The molecule has 0 radical (unpaired) electrons. The quantitative estimate of drug-likeness (QED) is 0.449. The topological polar surface area (TPSA) is 0 Å². The number of unbranched alkanes of at least 4 members (excludes halogenated alkanes) is 2. The molecule has 0 fully saturated rings. The smallest absolute Gasteiger partial charge is 0.0227 e. The summed E-state index contributed by atoms with van der Waals surface area (Å²) >= 11 is 0. The minimum atomic E-state index is 1.12. The number of hydrogen-bond donors (Lipinski definition) is 0. The van der Waals surface area contributed by atoms with Crippen LogP contribution in [-0.4, -0.2) is 0 Å². The highest BCUT2D eigenvalue weighted by Crippen LogP contribution is 2.17. The maximum atomic E-state index is 4.12. The summed E-state index contributed by atoms with van der Waals surface area (Å²) in [4.78, 5) is 0. The van der Waals surface area contributed by atoms with Gasteiger partial charge >= 0.3 is 0 Å². The molecule has 0 heteroatoms. The highest BCUT2D eigenvalue weighted by atomic mass is 14.0. The van der Waals surface area contributed by atoms with Gasteiger partial charge in [0.25, 0.3) is 0 Å². The van der Waals surface area contributed by atoms with E-state index in [4.69, 9.17) is 0 Å². The molecule has 0 amide bonds. The molecule has 1 aromatic carbocycles. The summed E-state index contributed by atoms with van der Waals surface area (Å²) in [5.74, 6) is 0. The Morgan fingerprint density at radius 3 is 2.50 bits per heavy atom. The summed E-state index contributed by atoms with van der Waals surface area (Å²) < 4.78 is 0. The van der Waals surface area contributed by atoms with Crippen molar-refractivity contribution in [3.8, 4) is 0 Å². The van der Waals surface area contributed by atoms with Gasteiger partial charge in [0.15, 0.2) is 0 Å². The zero-order valence-electron chi connectivity index (χ0n) is 10.5. The molecule has 1 rings (SSSR count). The van der Waals surface area contributed by atoms with Crippen LogP contribution in [0, 0.1) is 0 Å². The number of allylic oxidation sites excluding steroid dienone is 3. The van der Waals surface area contributed by atoms with Gasteiger partial charge < -0.3 is 0 Å². The molecule has 0 nitrogen and oxygen atoms in total. The first-order valence-electron chi connectivity index (χ1n) is 6.15. The van der Waals surface area contributed by atoms with Crippen molar-refractivity contribution in [2.24, 2.45) is 0 Å². The van der Waals surface area contributed by atoms with E-state index in [2.05, 4.69) is 50.8 Å². The van der Waals surface area contributed by atoms with Crippen molar-refractivity contribution >= 4 is 5.57 Å². The largest absolute Gasteiger partial charge is 0.0958 e. The fourth-order valence-electron chi connectivity index (χ4n) is 1.76. The average molecular weight is 214 g/mol. The molecular formula is C16H22. The molecule has 0 aromatic heterocycles. The molecule has 86 valence electrons. The van der Waals surface area contributed by atoms with E-state index in [-0.39, 0.29) is 0 Å². The average Bonchev–Trinajstić information content (AvgIpc) is 2.30. The van der Waals surface area contributed by atoms with Crippen molar-refractivity contribution < 1.29 is 0 Å². The molecule has 0 N–H and O–H groups in total. The maximum Gasteiger partial charge on any atom is -0.0227 e. The Hall–Kier alpha value is -1.30. The fourth-order valence-corrected chi connectivity index (χ4v) is 1.76. The van der Waals surface area contributed by atoms with Crippen LogP contribution in [0.5, 0.6) is 0 Å². The fraction of sp³-hybridized carbons (Fsp3) is 0.375. The van der Waals surface area contributed by atoms with E-state index < -0.39 is 0 Å². The molecular weight excluding hydrogens is 192 g/mol. The van der Waals surface area contributed by atoms with E-state index >= 15 is 0 Å². The normalized spacial score (nSPS) is 11.5. The minimum Gasteiger partial charge on any atom is -0.0958 e.